The highest BCUT2D eigenvalue weighted by atomic mass is 35.5. The van der Waals surface area contributed by atoms with E-state index in [1.165, 1.54) is 18.2 Å². The number of amides is 1. The zero-order valence-electron chi connectivity index (χ0n) is 9.94. The highest BCUT2D eigenvalue weighted by molar-refractivity contribution is 6.20. The number of anilines is 1. The number of halogens is 4. The van der Waals surface area contributed by atoms with Gasteiger partial charge in [-0.15, -0.1) is 11.6 Å². The van der Waals surface area contributed by atoms with E-state index < -0.39 is 23.1 Å². The quantitative estimate of drug-likeness (QED) is 0.835. The van der Waals surface area contributed by atoms with E-state index in [1.54, 1.807) is 13.8 Å². The summed E-state index contributed by atoms with van der Waals surface area (Å²) in [5, 5.41) is 2.26. The Balaban J connectivity index is 3.03. The van der Waals surface area contributed by atoms with Gasteiger partial charge in [0.1, 0.15) is 0 Å². The van der Waals surface area contributed by atoms with E-state index in [0.29, 0.717) is 0 Å². The average molecular weight is 280 g/mol. The lowest BCUT2D eigenvalue weighted by Crippen LogP contribution is -2.32. The molecule has 0 heterocycles. The number of nitrogens with one attached hydrogen (secondary N) is 1. The van der Waals surface area contributed by atoms with Gasteiger partial charge in [-0.3, -0.25) is 4.79 Å². The topological polar surface area (TPSA) is 29.1 Å². The summed E-state index contributed by atoms with van der Waals surface area (Å²) < 4.78 is 38.1. The fourth-order valence-corrected chi connectivity index (χ4v) is 1.31. The highest BCUT2D eigenvalue weighted by Gasteiger charge is 2.35. The van der Waals surface area contributed by atoms with Crippen LogP contribution in [0.15, 0.2) is 24.3 Å². The van der Waals surface area contributed by atoms with Gasteiger partial charge >= 0.3 is 6.18 Å². The fourth-order valence-electron chi connectivity index (χ4n) is 1.19. The molecule has 0 atom stereocenters. The molecule has 0 aromatic heterocycles. The third-order valence-electron chi connectivity index (χ3n) is 2.43. The number of benzene rings is 1. The van der Waals surface area contributed by atoms with Crippen molar-refractivity contribution >= 4 is 23.2 Å². The summed E-state index contributed by atoms with van der Waals surface area (Å²) in [6.07, 6.45) is -4.50. The molecule has 0 spiro atoms. The van der Waals surface area contributed by atoms with Gasteiger partial charge in [-0.1, -0.05) is 12.1 Å². The predicted molar refractivity (Wildman–Crippen MR) is 64.6 cm³/mol. The second-order valence-corrected chi connectivity index (χ2v) is 4.78. The number of alkyl halides is 4. The molecule has 1 N–H and O–H groups in total. The van der Waals surface area contributed by atoms with Crippen molar-refractivity contribution < 1.29 is 18.0 Å². The van der Waals surface area contributed by atoms with Gasteiger partial charge in [-0.2, -0.15) is 13.2 Å². The average Bonchev–Trinajstić information content (AvgIpc) is 2.28. The Morgan fingerprint density at radius 3 is 2.33 bits per heavy atom. The van der Waals surface area contributed by atoms with Crippen molar-refractivity contribution in [2.75, 3.05) is 11.2 Å². The second kappa shape index (κ2) is 5.18. The van der Waals surface area contributed by atoms with Crippen LogP contribution >= 0.6 is 11.6 Å². The molecule has 100 valence electrons. The van der Waals surface area contributed by atoms with Crippen LogP contribution in [0.5, 0.6) is 0 Å². The zero-order chi connectivity index (χ0) is 14.0. The summed E-state index contributed by atoms with van der Waals surface area (Å²) in [5.41, 5.74) is -2.06. The van der Waals surface area contributed by atoms with Crippen molar-refractivity contribution in [2.24, 2.45) is 5.41 Å². The third kappa shape index (κ3) is 3.38. The summed E-state index contributed by atoms with van der Waals surface area (Å²) in [6, 6.07) is 4.83. The van der Waals surface area contributed by atoms with Gasteiger partial charge in [-0.05, 0) is 26.0 Å². The molecule has 18 heavy (non-hydrogen) atoms. The molecule has 1 aromatic rings. The SMILES string of the molecule is CC(C)(CCl)C(=O)Nc1ccccc1C(F)(F)F. The van der Waals surface area contributed by atoms with Crippen molar-refractivity contribution in [2.45, 2.75) is 20.0 Å². The Morgan fingerprint density at radius 2 is 1.83 bits per heavy atom. The molecular formula is C12H13ClF3NO. The first kappa shape index (κ1) is 14.8. The van der Waals surface area contributed by atoms with E-state index in [9.17, 15) is 18.0 Å². The summed E-state index contributed by atoms with van der Waals surface area (Å²) in [6.45, 7) is 3.12. The van der Waals surface area contributed by atoms with Crippen molar-refractivity contribution in [3.8, 4) is 0 Å². The standard InChI is InChI=1S/C12H13ClF3NO/c1-11(2,7-13)10(18)17-9-6-4-3-5-8(9)12(14,15)16/h3-6H,7H2,1-2H3,(H,17,18). The van der Waals surface area contributed by atoms with Crippen LogP contribution in [0.3, 0.4) is 0 Å². The Hall–Kier alpha value is -1.23. The monoisotopic (exact) mass is 279 g/mol. The van der Waals surface area contributed by atoms with Crippen LogP contribution in [-0.4, -0.2) is 11.8 Å². The summed E-state index contributed by atoms with van der Waals surface area (Å²) >= 11 is 5.60. The van der Waals surface area contributed by atoms with Crippen LogP contribution < -0.4 is 5.32 Å². The normalized spacial score (nSPS) is 12.3. The molecule has 0 fully saturated rings. The fraction of sp³-hybridized carbons (Fsp3) is 0.417. The molecule has 0 unspecified atom stereocenters. The lowest BCUT2D eigenvalue weighted by atomic mass is 9.95. The van der Waals surface area contributed by atoms with E-state index in [1.807, 2.05) is 0 Å². The van der Waals surface area contributed by atoms with Crippen LogP contribution in [0, 0.1) is 5.41 Å². The molecule has 6 heteroatoms. The Labute approximate surface area is 108 Å². The van der Waals surface area contributed by atoms with Gasteiger partial charge in [0, 0.05) is 5.88 Å². The molecule has 0 bridgehead atoms. The van der Waals surface area contributed by atoms with Crippen molar-refractivity contribution in [1.29, 1.82) is 0 Å². The number of hydrogen-bond acceptors (Lipinski definition) is 1. The van der Waals surface area contributed by atoms with Gasteiger partial charge in [0.05, 0.1) is 16.7 Å². The van der Waals surface area contributed by atoms with E-state index in [2.05, 4.69) is 5.32 Å². The van der Waals surface area contributed by atoms with Crippen LogP contribution in [-0.2, 0) is 11.0 Å². The Kier molecular flexibility index (Phi) is 4.27. The zero-order valence-corrected chi connectivity index (χ0v) is 10.7. The van der Waals surface area contributed by atoms with Gasteiger partial charge in [0.2, 0.25) is 5.91 Å². The molecule has 1 amide bonds. The molecule has 2 nitrogen and oxygen atoms in total. The lowest BCUT2D eigenvalue weighted by Gasteiger charge is -2.22. The van der Waals surface area contributed by atoms with Gasteiger partial charge < -0.3 is 5.32 Å². The van der Waals surface area contributed by atoms with Gasteiger partial charge in [-0.25, -0.2) is 0 Å². The number of carbonyl (C=O) groups excluding carboxylic acids is 1. The molecule has 0 aliphatic carbocycles. The van der Waals surface area contributed by atoms with Gasteiger partial charge in [0.15, 0.2) is 0 Å². The number of hydrogen-bond donors (Lipinski definition) is 1. The van der Waals surface area contributed by atoms with Crippen LogP contribution in [0.4, 0.5) is 18.9 Å². The maximum atomic E-state index is 12.7. The Bertz CT molecular complexity index is 443. The lowest BCUT2D eigenvalue weighted by molar-refractivity contribution is -0.137. The molecule has 0 aliphatic rings. The van der Waals surface area contributed by atoms with Crippen LogP contribution in [0.1, 0.15) is 19.4 Å². The predicted octanol–water partition coefficient (Wildman–Crippen LogP) is 3.91. The van der Waals surface area contributed by atoms with Crippen molar-refractivity contribution in [3.63, 3.8) is 0 Å². The van der Waals surface area contributed by atoms with Crippen molar-refractivity contribution in [3.05, 3.63) is 29.8 Å². The van der Waals surface area contributed by atoms with E-state index in [-0.39, 0.29) is 11.6 Å². The van der Waals surface area contributed by atoms with Crippen LogP contribution in [0.2, 0.25) is 0 Å². The number of para-hydroxylation sites is 1. The molecule has 0 radical (unpaired) electrons. The molecule has 0 aliphatic heterocycles. The summed E-state index contributed by atoms with van der Waals surface area (Å²) in [7, 11) is 0. The first-order valence-corrected chi connectivity index (χ1v) is 5.75. The first-order valence-electron chi connectivity index (χ1n) is 5.22. The minimum atomic E-state index is -4.50. The Morgan fingerprint density at radius 1 is 1.28 bits per heavy atom. The largest absolute Gasteiger partial charge is 0.418 e. The van der Waals surface area contributed by atoms with Gasteiger partial charge in [0.25, 0.3) is 0 Å². The maximum absolute atomic E-state index is 12.7. The third-order valence-corrected chi connectivity index (χ3v) is 3.10. The highest BCUT2D eigenvalue weighted by Crippen LogP contribution is 2.35. The first-order chi connectivity index (χ1) is 8.18. The van der Waals surface area contributed by atoms with E-state index in [0.717, 1.165) is 6.07 Å². The summed E-state index contributed by atoms with van der Waals surface area (Å²) in [4.78, 5) is 11.8. The van der Waals surface area contributed by atoms with Crippen LogP contribution in [0.25, 0.3) is 0 Å². The molecule has 1 aromatic carbocycles. The minimum absolute atomic E-state index is 0.0209. The second-order valence-electron chi connectivity index (χ2n) is 4.51. The maximum Gasteiger partial charge on any atom is 0.418 e. The molecule has 0 saturated heterocycles. The van der Waals surface area contributed by atoms with E-state index in [4.69, 9.17) is 11.6 Å². The molecule has 0 saturated carbocycles. The smallest absolute Gasteiger partial charge is 0.325 e. The number of rotatable bonds is 3. The summed E-state index contributed by atoms with van der Waals surface area (Å²) in [5.74, 6) is -0.526. The molecule has 1 rings (SSSR count). The number of carbonyl (C=O) groups is 1. The minimum Gasteiger partial charge on any atom is -0.325 e. The van der Waals surface area contributed by atoms with Crippen molar-refractivity contribution in [1.82, 2.24) is 0 Å². The van der Waals surface area contributed by atoms with E-state index >= 15 is 0 Å². The molecular weight excluding hydrogens is 267 g/mol.